The van der Waals surface area contributed by atoms with Gasteiger partial charge >= 0.3 is 0 Å². The fourth-order valence-electron chi connectivity index (χ4n) is 2.22. The summed E-state index contributed by atoms with van der Waals surface area (Å²) in [5.74, 6) is -2.00. The van der Waals surface area contributed by atoms with Gasteiger partial charge in [-0.25, -0.2) is 8.78 Å². The molecule has 0 aromatic heterocycles. The molecule has 0 saturated heterocycles. The van der Waals surface area contributed by atoms with Crippen molar-refractivity contribution in [2.24, 2.45) is 5.92 Å². The highest BCUT2D eigenvalue weighted by Gasteiger charge is 2.26. The van der Waals surface area contributed by atoms with Crippen LogP contribution in [0.2, 0.25) is 0 Å². The Labute approximate surface area is 150 Å². The van der Waals surface area contributed by atoms with E-state index in [9.17, 15) is 8.78 Å². The van der Waals surface area contributed by atoms with Gasteiger partial charge in [-0.2, -0.15) is 10.5 Å². The first-order chi connectivity index (χ1) is 12.4. The van der Waals surface area contributed by atoms with Gasteiger partial charge in [0.15, 0.2) is 17.4 Å². The van der Waals surface area contributed by atoms with Gasteiger partial charge in [-0.05, 0) is 18.1 Å². The quantitative estimate of drug-likeness (QED) is 0.824. The third-order valence-electron chi connectivity index (χ3n) is 3.46. The maximum Gasteiger partial charge on any atom is 0.186 e. The van der Waals surface area contributed by atoms with Crippen LogP contribution in [0.4, 0.5) is 20.2 Å². The number of hydrogen-bond donors (Lipinski definition) is 1. The predicted octanol–water partition coefficient (Wildman–Crippen LogP) is 4.50. The summed E-state index contributed by atoms with van der Waals surface area (Å²) in [5.41, 5.74) is -1.29. The van der Waals surface area contributed by atoms with Gasteiger partial charge in [0.2, 0.25) is 0 Å². The van der Waals surface area contributed by atoms with E-state index in [2.05, 4.69) is 5.32 Å². The molecule has 0 aliphatic rings. The summed E-state index contributed by atoms with van der Waals surface area (Å²) in [5, 5.41) is 21.0. The minimum atomic E-state index is -1.07. The molecule has 0 heterocycles. The lowest BCUT2D eigenvalue weighted by atomic mass is 10.0. The van der Waals surface area contributed by atoms with Crippen molar-refractivity contribution in [3.8, 4) is 23.6 Å². The molecule has 0 saturated carbocycles. The summed E-state index contributed by atoms with van der Waals surface area (Å²) >= 11 is 0. The second-order valence-electron chi connectivity index (χ2n) is 5.87. The minimum absolute atomic E-state index is 0.0447. The molecule has 2 aromatic carbocycles. The number of nitriles is 2. The Morgan fingerprint density at radius 3 is 2.35 bits per heavy atom. The van der Waals surface area contributed by atoms with Crippen molar-refractivity contribution in [1.82, 2.24) is 0 Å². The normalized spacial score (nSPS) is 10.2. The van der Waals surface area contributed by atoms with E-state index in [0.717, 1.165) is 0 Å². The molecule has 0 spiro atoms. The number of benzene rings is 2. The Balaban J connectivity index is 2.62. The molecule has 0 unspecified atom stereocenters. The Kier molecular flexibility index (Phi) is 5.98. The second-order valence-corrected chi connectivity index (χ2v) is 5.87. The van der Waals surface area contributed by atoms with Crippen LogP contribution in [0.25, 0.3) is 0 Å². The average Bonchev–Trinajstić information content (AvgIpc) is 2.63. The molecule has 0 radical (unpaired) electrons. The number of nitrogens with one attached hydrogen (secondary N) is 1. The zero-order valence-electron chi connectivity index (χ0n) is 14.6. The standard InChI is InChI=1S/C19H17F2N3O2/c1-11(2)10-26-19-17(21)15(9-23)14(8-22)16(20)18(19)24-12-5-4-6-13(7-12)25-3/h4-7,11,24H,10H2,1-3H3. The molecule has 26 heavy (non-hydrogen) atoms. The van der Waals surface area contributed by atoms with Crippen molar-refractivity contribution < 1.29 is 18.3 Å². The third kappa shape index (κ3) is 3.84. The van der Waals surface area contributed by atoms with Gasteiger partial charge in [-0.1, -0.05) is 19.9 Å². The SMILES string of the molecule is COc1cccc(Nc2c(F)c(C#N)c(C#N)c(F)c2OCC(C)C)c1. The van der Waals surface area contributed by atoms with E-state index in [1.165, 1.54) is 19.2 Å². The van der Waals surface area contributed by atoms with Crippen molar-refractivity contribution in [2.45, 2.75) is 13.8 Å². The van der Waals surface area contributed by atoms with Gasteiger partial charge in [0, 0.05) is 11.8 Å². The fourth-order valence-corrected chi connectivity index (χ4v) is 2.22. The number of halogens is 2. The number of nitrogens with zero attached hydrogens (tertiary/aromatic N) is 2. The smallest absolute Gasteiger partial charge is 0.186 e. The highest BCUT2D eigenvalue weighted by Crippen LogP contribution is 2.38. The van der Waals surface area contributed by atoms with Crippen LogP contribution in [0.1, 0.15) is 25.0 Å². The Hall–Kier alpha value is -3.32. The summed E-state index contributed by atoms with van der Waals surface area (Å²) in [7, 11) is 1.48. The lowest BCUT2D eigenvalue weighted by Gasteiger charge is -2.18. The Bertz CT molecular complexity index is 899. The molecule has 0 bridgehead atoms. The number of rotatable bonds is 6. The van der Waals surface area contributed by atoms with E-state index in [-0.39, 0.29) is 18.2 Å². The zero-order valence-corrected chi connectivity index (χ0v) is 14.6. The van der Waals surface area contributed by atoms with Crippen molar-refractivity contribution in [3.63, 3.8) is 0 Å². The van der Waals surface area contributed by atoms with E-state index < -0.39 is 28.5 Å². The van der Waals surface area contributed by atoms with E-state index >= 15 is 0 Å². The van der Waals surface area contributed by atoms with Gasteiger partial charge in [0.25, 0.3) is 0 Å². The maximum absolute atomic E-state index is 14.8. The molecule has 2 rings (SSSR count). The number of methoxy groups -OCH3 is 1. The van der Waals surface area contributed by atoms with Crippen molar-refractivity contribution in [2.75, 3.05) is 19.0 Å². The van der Waals surface area contributed by atoms with Crippen molar-refractivity contribution >= 4 is 11.4 Å². The first kappa shape index (κ1) is 19.0. The van der Waals surface area contributed by atoms with Gasteiger partial charge in [0.1, 0.15) is 34.7 Å². The first-order valence-electron chi connectivity index (χ1n) is 7.81. The number of ether oxygens (including phenoxy) is 2. The lowest BCUT2D eigenvalue weighted by Crippen LogP contribution is -2.11. The molecule has 7 heteroatoms. The average molecular weight is 357 g/mol. The van der Waals surface area contributed by atoms with E-state index in [0.29, 0.717) is 11.4 Å². The van der Waals surface area contributed by atoms with E-state index in [1.807, 2.05) is 13.8 Å². The molecular formula is C19H17F2N3O2. The van der Waals surface area contributed by atoms with E-state index in [4.69, 9.17) is 20.0 Å². The van der Waals surface area contributed by atoms with Crippen LogP contribution in [-0.4, -0.2) is 13.7 Å². The van der Waals surface area contributed by atoms with Gasteiger partial charge in [-0.15, -0.1) is 0 Å². The van der Waals surface area contributed by atoms with E-state index in [1.54, 1.807) is 24.3 Å². The van der Waals surface area contributed by atoms with Crippen LogP contribution in [0.15, 0.2) is 24.3 Å². The molecule has 134 valence electrons. The molecule has 0 aliphatic heterocycles. The molecular weight excluding hydrogens is 340 g/mol. The first-order valence-corrected chi connectivity index (χ1v) is 7.81. The summed E-state index contributed by atoms with van der Waals surface area (Å²) in [4.78, 5) is 0. The zero-order chi connectivity index (χ0) is 19.3. The molecule has 0 aliphatic carbocycles. The molecule has 0 atom stereocenters. The highest BCUT2D eigenvalue weighted by molar-refractivity contribution is 5.73. The topological polar surface area (TPSA) is 78.1 Å². The van der Waals surface area contributed by atoms with Crippen LogP contribution < -0.4 is 14.8 Å². The number of anilines is 2. The molecule has 2 aromatic rings. The minimum Gasteiger partial charge on any atom is -0.497 e. The number of hydrogen-bond acceptors (Lipinski definition) is 5. The van der Waals surface area contributed by atoms with Crippen LogP contribution >= 0.6 is 0 Å². The van der Waals surface area contributed by atoms with Gasteiger partial charge < -0.3 is 14.8 Å². The molecule has 0 fully saturated rings. The lowest BCUT2D eigenvalue weighted by molar-refractivity contribution is 0.259. The summed E-state index contributed by atoms with van der Waals surface area (Å²) < 4.78 is 40.1. The molecule has 5 nitrogen and oxygen atoms in total. The van der Waals surface area contributed by atoms with Crippen molar-refractivity contribution in [3.05, 3.63) is 47.0 Å². The summed E-state index contributed by atoms with van der Waals surface area (Å²) in [6, 6.07) is 9.62. The van der Waals surface area contributed by atoms with Crippen LogP contribution in [0, 0.1) is 40.2 Å². The third-order valence-corrected chi connectivity index (χ3v) is 3.46. The van der Waals surface area contributed by atoms with Gasteiger partial charge in [0.05, 0.1) is 13.7 Å². The van der Waals surface area contributed by atoms with Crippen LogP contribution in [0.5, 0.6) is 11.5 Å². The summed E-state index contributed by atoms with van der Waals surface area (Å²) in [6.07, 6.45) is 0. The molecule has 0 amide bonds. The predicted molar refractivity (Wildman–Crippen MR) is 92.4 cm³/mol. The molecule has 1 N–H and O–H groups in total. The van der Waals surface area contributed by atoms with Crippen LogP contribution in [-0.2, 0) is 0 Å². The Morgan fingerprint density at radius 2 is 1.77 bits per heavy atom. The highest BCUT2D eigenvalue weighted by atomic mass is 19.1. The largest absolute Gasteiger partial charge is 0.497 e. The van der Waals surface area contributed by atoms with Gasteiger partial charge in [-0.3, -0.25) is 0 Å². The summed E-state index contributed by atoms with van der Waals surface area (Å²) in [6.45, 7) is 3.80. The maximum atomic E-state index is 14.8. The monoisotopic (exact) mass is 357 g/mol. The second kappa shape index (κ2) is 8.17. The Morgan fingerprint density at radius 1 is 1.12 bits per heavy atom. The van der Waals surface area contributed by atoms with Crippen molar-refractivity contribution in [1.29, 1.82) is 10.5 Å². The fraction of sp³-hybridized carbons (Fsp3) is 0.263. The van der Waals surface area contributed by atoms with Crippen LogP contribution in [0.3, 0.4) is 0 Å².